The highest BCUT2D eigenvalue weighted by molar-refractivity contribution is 7.98. The van der Waals surface area contributed by atoms with Crippen LogP contribution in [0.2, 0.25) is 5.02 Å². The molecule has 0 radical (unpaired) electrons. The van der Waals surface area contributed by atoms with Gasteiger partial charge in [0.25, 0.3) is 5.22 Å². The number of thioether (sulfide) groups is 1. The third kappa shape index (κ3) is 3.98. The summed E-state index contributed by atoms with van der Waals surface area (Å²) in [6.07, 6.45) is 0.981. The predicted octanol–water partition coefficient (Wildman–Crippen LogP) is 4.06. The van der Waals surface area contributed by atoms with Crippen LogP contribution in [0.15, 0.2) is 33.9 Å². The van der Waals surface area contributed by atoms with Crippen molar-refractivity contribution >= 4 is 23.4 Å². The van der Waals surface area contributed by atoms with Crippen LogP contribution in [0, 0.1) is 5.92 Å². The van der Waals surface area contributed by atoms with Gasteiger partial charge < -0.3 is 10.2 Å². The van der Waals surface area contributed by atoms with Crippen molar-refractivity contribution in [3.8, 4) is 0 Å². The summed E-state index contributed by atoms with van der Waals surface area (Å²) in [5.74, 6) is 1.56. The molecule has 0 saturated carbocycles. The average Bonchev–Trinajstić information content (AvgIpc) is 2.92. The second-order valence-electron chi connectivity index (χ2n) is 4.74. The number of aromatic nitrogens is 2. The molecule has 20 heavy (non-hydrogen) atoms. The van der Waals surface area contributed by atoms with E-state index in [1.165, 1.54) is 11.8 Å². The van der Waals surface area contributed by atoms with Crippen molar-refractivity contribution in [2.75, 3.05) is 0 Å². The van der Waals surface area contributed by atoms with Gasteiger partial charge in [-0.2, -0.15) is 0 Å². The molecule has 2 rings (SSSR count). The van der Waals surface area contributed by atoms with Crippen LogP contribution in [0.25, 0.3) is 0 Å². The molecule has 0 aliphatic rings. The maximum atomic E-state index is 6.07. The molecule has 2 aromatic rings. The molecule has 0 fully saturated rings. The van der Waals surface area contributed by atoms with Crippen molar-refractivity contribution in [1.29, 1.82) is 0 Å². The molecule has 1 unspecified atom stereocenters. The van der Waals surface area contributed by atoms with Crippen LogP contribution in [0.3, 0.4) is 0 Å². The minimum atomic E-state index is -0.201. The zero-order valence-electron chi connectivity index (χ0n) is 11.5. The highest BCUT2D eigenvalue weighted by atomic mass is 35.5. The SMILES string of the molecule is CCC(C)[C@H](N)c1nnc(SCc2cccc(Cl)c2)o1. The normalized spacial score (nSPS) is 14.2. The standard InChI is InChI=1S/C14H18ClN3OS/c1-3-9(2)12(16)13-17-18-14(19-13)20-8-10-5-4-6-11(15)7-10/h4-7,9,12H,3,8,16H2,1-2H3/t9?,12-/m0/s1. The quantitative estimate of drug-likeness (QED) is 0.815. The third-order valence-corrected chi connectivity index (χ3v) is 4.34. The van der Waals surface area contributed by atoms with Crippen molar-refractivity contribution in [2.24, 2.45) is 11.7 Å². The molecule has 0 amide bonds. The van der Waals surface area contributed by atoms with E-state index in [1.807, 2.05) is 24.3 Å². The number of nitrogens with zero attached hydrogens (tertiary/aromatic N) is 2. The second kappa shape index (κ2) is 7.11. The van der Waals surface area contributed by atoms with Crippen LogP contribution >= 0.6 is 23.4 Å². The molecule has 2 N–H and O–H groups in total. The number of rotatable bonds is 6. The summed E-state index contributed by atoms with van der Waals surface area (Å²) >= 11 is 7.43. The Kier molecular flexibility index (Phi) is 5.46. The molecular weight excluding hydrogens is 294 g/mol. The molecule has 0 bridgehead atoms. The van der Waals surface area contributed by atoms with Gasteiger partial charge in [0.05, 0.1) is 6.04 Å². The summed E-state index contributed by atoms with van der Waals surface area (Å²) in [6.45, 7) is 4.17. The lowest BCUT2D eigenvalue weighted by Crippen LogP contribution is -2.18. The van der Waals surface area contributed by atoms with Crippen LogP contribution in [0.4, 0.5) is 0 Å². The Morgan fingerprint density at radius 2 is 2.20 bits per heavy atom. The summed E-state index contributed by atoms with van der Waals surface area (Å²) in [5.41, 5.74) is 7.19. The summed E-state index contributed by atoms with van der Waals surface area (Å²) in [7, 11) is 0. The van der Waals surface area contributed by atoms with Crippen LogP contribution in [0.1, 0.15) is 37.8 Å². The lowest BCUT2D eigenvalue weighted by atomic mass is 10.0. The summed E-state index contributed by atoms with van der Waals surface area (Å²) < 4.78 is 5.60. The molecule has 108 valence electrons. The highest BCUT2D eigenvalue weighted by Crippen LogP contribution is 2.26. The van der Waals surface area contributed by atoms with Gasteiger partial charge in [0, 0.05) is 10.8 Å². The van der Waals surface area contributed by atoms with Crippen molar-refractivity contribution < 1.29 is 4.42 Å². The van der Waals surface area contributed by atoms with E-state index < -0.39 is 0 Å². The summed E-state index contributed by atoms with van der Waals surface area (Å²) in [4.78, 5) is 0. The number of benzene rings is 1. The molecule has 0 saturated heterocycles. The van der Waals surface area contributed by atoms with Crippen LogP contribution < -0.4 is 5.73 Å². The van der Waals surface area contributed by atoms with E-state index in [0.717, 1.165) is 22.8 Å². The fraction of sp³-hybridized carbons (Fsp3) is 0.429. The van der Waals surface area contributed by atoms with Gasteiger partial charge in [-0.25, -0.2) is 0 Å². The van der Waals surface area contributed by atoms with Crippen molar-refractivity contribution in [3.63, 3.8) is 0 Å². The van der Waals surface area contributed by atoms with Gasteiger partial charge in [0.1, 0.15) is 0 Å². The van der Waals surface area contributed by atoms with E-state index in [4.69, 9.17) is 21.8 Å². The zero-order valence-corrected chi connectivity index (χ0v) is 13.1. The molecule has 2 atom stereocenters. The predicted molar refractivity (Wildman–Crippen MR) is 81.7 cm³/mol. The first-order chi connectivity index (χ1) is 9.60. The fourth-order valence-electron chi connectivity index (χ4n) is 1.68. The number of hydrogen-bond donors (Lipinski definition) is 1. The van der Waals surface area contributed by atoms with E-state index >= 15 is 0 Å². The first-order valence-electron chi connectivity index (χ1n) is 6.56. The first-order valence-corrected chi connectivity index (χ1v) is 7.92. The Bertz CT molecular complexity index is 561. The molecule has 0 aliphatic heterocycles. The molecule has 4 nitrogen and oxygen atoms in total. The van der Waals surface area contributed by atoms with Gasteiger partial charge in [0.2, 0.25) is 5.89 Å². The minimum Gasteiger partial charge on any atom is -0.414 e. The average molecular weight is 312 g/mol. The summed E-state index contributed by atoms with van der Waals surface area (Å²) in [6, 6.07) is 7.52. The number of halogens is 1. The van der Waals surface area contributed by atoms with E-state index in [-0.39, 0.29) is 6.04 Å². The minimum absolute atomic E-state index is 0.201. The molecule has 0 aliphatic carbocycles. The Labute approximate surface area is 128 Å². The van der Waals surface area contributed by atoms with Crippen molar-refractivity contribution in [2.45, 2.75) is 37.3 Å². The van der Waals surface area contributed by atoms with E-state index in [9.17, 15) is 0 Å². The Hall–Kier alpha value is -1.04. The molecule has 1 aromatic heterocycles. The lowest BCUT2D eigenvalue weighted by Gasteiger charge is -2.13. The second-order valence-corrected chi connectivity index (χ2v) is 6.10. The number of nitrogens with two attached hydrogens (primary N) is 1. The fourth-order valence-corrected chi connectivity index (χ4v) is 2.61. The van der Waals surface area contributed by atoms with Crippen molar-refractivity contribution in [1.82, 2.24) is 10.2 Å². The zero-order chi connectivity index (χ0) is 14.5. The molecule has 6 heteroatoms. The Morgan fingerprint density at radius 3 is 2.90 bits per heavy atom. The molecular formula is C14H18ClN3OS. The van der Waals surface area contributed by atoms with E-state index in [1.54, 1.807) is 0 Å². The monoisotopic (exact) mass is 311 g/mol. The topological polar surface area (TPSA) is 64.9 Å². The van der Waals surface area contributed by atoms with Gasteiger partial charge in [-0.3, -0.25) is 0 Å². The summed E-state index contributed by atoms with van der Waals surface area (Å²) in [5, 5.41) is 9.32. The number of hydrogen-bond acceptors (Lipinski definition) is 5. The Balaban J connectivity index is 1.96. The first kappa shape index (κ1) is 15.4. The van der Waals surface area contributed by atoms with Gasteiger partial charge in [-0.1, -0.05) is 55.8 Å². The lowest BCUT2D eigenvalue weighted by molar-refractivity contribution is 0.333. The smallest absolute Gasteiger partial charge is 0.276 e. The van der Waals surface area contributed by atoms with Gasteiger partial charge in [-0.05, 0) is 23.6 Å². The van der Waals surface area contributed by atoms with Crippen LogP contribution in [-0.4, -0.2) is 10.2 Å². The van der Waals surface area contributed by atoms with Gasteiger partial charge >= 0.3 is 0 Å². The largest absolute Gasteiger partial charge is 0.414 e. The van der Waals surface area contributed by atoms with E-state index in [2.05, 4.69) is 24.0 Å². The van der Waals surface area contributed by atoms with Crippen LogP contribution in [0.5, 0.6) is 0 Å². The van der Waals surface area contributed by atoms with Crippen molar-refractivity contribution in [3.05, 3.63) is 40.7 Å². The molecule has 1 aromatic carbocycles. The third-order valence-electron chi connectivity index (χ3n) is 3.22. The maximum Gasteiger partial charge on any atom is 0.276 e. The van der Waals surface area contributed by atoms with E-state index in [0.29, 0.717) is 17.0 Å². The molecule has 0 spiro atoms. The Morgan fingerprint density at radius 1 is 1.40 bits per heavy atom. The van der Waals surface area contributed by atoms with Crippen LogP contribution in [-0.2, 0) is 5.75 Å². The maximum absolute atomic E-state index is 6.07. The van der Waals surface area contributed by atoms with Gasteiger partial charge in [0.15, 0.2) is 0 Å². The highest BCUT2D eigenvalue weighted by Gasteiger charge is 2.19. The van der Waals surface area contributed by atoms with Gasteiger partial charge in [-0.15, -0.1) is 10.2 Å². The molecule has 1 heterocycles.